The van der Waals surface area contributed by atoms with E-state index >= 15 is 0 Å². The molecule has 0 bridgehead atoms. The highest BCUT2D eigenvalue weighted by Crippen LogP contribution is 2.33. The summed E-state index contributed by atoms with van der Waals surface area (Å²) in [6.45, 7) is 3.94. The molecule has 2 nitrogen and oxygen atoms in total. The normalized spacial score (nSPS) is 34.2. The summed E-state index contributed by atoms with van der Waals surface area (Å²) < 4.78 is 0. The van der Waals surface area contributed by atoms with Crippen LogP contribution in [0.25, 0.3) is 0 Å². The predicted molar refractivity (Wildman–Crippen MR) is 53.4 cm³/mol. The Labute approximate surface area is 81.0 Å². The first kappa shape index (κ1) is 11.0. The number of hydrogen-bond acceptors (Lipinski definition) is 2. The lowest BCUT2D eigenvalue weighted by Crippen LogP contribution is -2.35. The lowest BCUT2D eigenvalue weighted by molar-refractivity contribution is -0.0101. The molecule has 78 valence electrons. The van der Waals surface area contributed by atoms with Crippen molar-refractivity contribution >= 4 is 0 Å². The number of aliphatic hydroxyl groups excluding tert-OH is 2. The maximum atomic E-state index is 9.81. The Hall–Kier alpha value is -0.0800. The maximum Gasteiger partial charge on any atom is 0.0572 e. The molecule has 0 aromatic rings. The number of aliphatic hydroxyl groups is 2. The quantitative estimate of drug-likeness (QED) is 0.707. The molecule has 1 rings (SSSR count). The summed E-state index contributed by atoms with van der Waals surface area (Å²) in [5, 5.41) is 19.4. The summed E-state index contributed by atoms with van der Waals surface area (Å²) in [6.07, 6.45) is 4.90. The van der Waals surface area contributed by atoms with Gasteiger partial charge in [-0.05, 0) is 31.6 Å². The first-order chi connectivity index (χ1) is 6.16. The van der Waals surface area contributed by atoms with E-state index < -0.39 is 0 Å². The SMILES string of the molecule is CCC(C(C)O)C1CCCCC1O. The zero-order valence-electron chi connectivity index (χ0n) is 8.74. The molecule has 1 aliphatic carbocycles. The summed E-state index contributed by atoms with van der Waals surface area (Å²) in [4.78, 5) is 0. The van der Waals surface area contributed by atoms with Crippen molar-refractivity contribution in [2.75, 3.05) is 0 Å². The lowest BCUT2D eigenvalue weighted by Gasteiger charge is -2.35. The van der Waals surface area contributed by atoms with Crippen LogP contribution in [0.3, 0.4) is 0 Å². The third-order valence-corrected chi connectivity index (χ3v) is 3.42. The van der Waals surface area contributed by atoms with E-state index in [0.29, 0.717) is 5.92 Å². The molecule has 2 N–H and O–H groups in total. The molecular weight excluding hydrogens is 164 g/mol. The van der Waals surface area contributed by atoms with Crippen molar-refractivity contribution in [3.8, 4) is 0 Å². The van der Waals surface area contributed by atoms with Gasteiger partial charge in [0.15, 0.2) is 0 Å². The standard InChI is InChI=1S/C11H22O2/c1-3-9(8(2)12)10-6-4-5-7-11(10)13/h8-13H,3-7H2,1-2H3. The maximum absolute atomic E-state index is 9.81. The lowest BCUT2D eigenvalue weighted by atomic mass is 9.75. The van der Waals surface area contributed by atoms with Gasteiger partial charge in [-0.2, -0.15) is 0 Å². The van der Waals surface area contributed by atoms with Crippen molar-refractivity contribution in [2.24, 2.45) is 11.8 Å². The minimum absolute atomic E-state index is 0.173. The van der Waals surface area contributed by atoms with E-state index in [1.807, 2.05) is 6.92 Å². The summed E-state index contributed by atoms with van der Waals surface area (Å²) >= 11 is 0. The zero-order valence-corrected chi connectivity index (χ0v) is 8.74. The van der Waals surface area contributed by atoms with Crippen molar-refractivity contribution in [1.29, 1.82) is 0 Å². The highest BCUT2D eigenvalue weighted by molar-refractivity contribution is 4.82. The molecule has 4 atom stereocenters. The Bertz CT molecular complexity index is 145. The second kappa shape index (κ2) is 4.97. The molecule has 0 aromatic heterocycles. The van der Waals surface area contributed by atoms with Crippen molar-refractivity contribution in [2.45, 2.75) is 58.2 Å². The topological polar surface area (TPSA) is 40.5 Å². The largest absolute Gasteiger partial charge is 0.393 e. The highest BCUT2D eigenvalue weighted by atomic mass is 16.3. The van der Waals surface area contributed by atoms with Crippen LogP contribution in [0.5, 0.6) is 0 Å². The van der Waals surface area contributed by atoms with Crippen molar-refractivity contribution in [3.63, 3.8) is 0 Å². The Morgan fingerprint density at radius 3 is 2.38 bits per heavy atom. The van der Waals surface area contributed by atoms with Gasteiger partial charge in [0.2, 0.25) is 0 Å². The molecule has 1 saturated carbocycles. The van der Waals surface area contributed by atoms with E-state index in [0.717, 1.165) is 25.7 Å². The van der Waals surface area contributed by atoms with Gasteiger partial charge in [-0.3, -0.25) is 0 Å². The molecule has 13 heavy (non-hydrogen) atoms. The van der Waals surface area contributed by atoms with Crippen LogP contribution in [0.15, 0.2) is 0 Å². The first-order valence-electron chi connectivity index (χ1n) is 5.53. The van der Waals surface area contributed by atoms with Crippen LogP contribution >= 0.6 is 0 Å². The second-order valence-electron chi connectivity index (χ2n) is 4.33. The van der Waals surface area contributed by atoms with Crippen molar-refractivity contribution < 1.29 is 10.2 Å². The summed E-state index contributed by atoms with van der Waals surface area (Å²) in [5.74, 6) is 0.619. The van der Waals surface area contributed by atoms with E-state index in [9.17, 15) is 10.2 Å². The van der Waals surface area contributed by atoms with Gasteiger partial charge in [0.05, 0.1) is 12.2 Å². The third kappa shape index (κ3) is 2.68. The molecule has 0 heterocycles. The second-order valence-corrected chi connectivity index (χ2v) is 4.33. The average Bonchev–Trinajstić information content (AvgIpc) is 2.09. The molecule has 0 amide bonds. The van der Waals surface area contributed by atoms with Gasteiger partial charge in [0, 0.05) is 0 Å². The number of rotatable bonds is 3. The minimum atomic E-state index is -0.275. The Balaban J connectivity index is 2.55. The minimum Gasteiger partial charge on any atom is -0.393 e. The van der Waals surface area contributed by atoms with Crippen LogP contribution in [-0.4, -0.2) is 22.4 Å². The van der Waals surface area contributed by atoms with E-state index in [1.54, 1.807) is 0 Å². The van der Waals surface area contributed by atoms with Crippen LogP contribution in [0.2, 0.25) is 0 Å². The van der Waals surface area contributed by atoms with Crippen LogP contribution in [0, 0.1) is 11.8 Å². The van der Waals surface area contributed by atoms with Gasteiger partial charge in [0.1, 0.15) is 0 Å². The smallest absolute Gasteiger partial charge is 0.0572 e. The van der Waals surface area contributed by atoms with E-state index in [1.165, 1.54) is 6.42 Å². The highest BCUT2D eigenvalue weighted by Gasteiger charge is 2.31. The van der Waals surface area contributed by atoms with Gasteiger partial charge in [-0.25, -0.2) is 0 Å². The van der Waals surface area contributed by atoms with Gasteiger partial charge >= 0.3 is 0 Å². The van der Waals surface area contributed by atoms with E-state index in [2.05, 4.69) is 6.92 Å². The van der Waals surface area contributed by atoms with Gasteiger partial charge in [-0.1, -0.05) is 26.2 Å². The molecule has 0 spiro atoms. The molecule has 1 fully saturated rings. The van der Waals surface area contributed by atoms with Crippen LogP contribution in [0.4, 0.5) is 0 Å². The number of hydrogen-bond donors (Lipinski definition) is 2. The molecule has 0 aliphatic heterocycles. The predicted octanol–water partition coefficient (Wildman–Crippen LogP) is 1.94. The average molecular weight is 186 g/mol. The van der Waals surface area contributed by atoms with E-state index in [-0.39, 0.29) is 18.1 Å². The van der Waals surface area contributed by atoms with Gasteiger partial charge < -0.3 is 10.2 Å². The van der Waals surface area contributed by atoms with Crippen molar-refractivity contribution in [3.05, 3.63) is 0 Å². The Morgan fingerprint density at radius 1 is 1.31 bits per heavy atom. The van der Waals surface area contributed by atoms with Gasteiger partial charge in [-0.15, -0.1) is 0 Å². The summed E-state index contributed by atoms with van der Waals surface area (Å²) in [7, 11) is 0. The Morgan fingerprint density at radius 2 is 1.92 bits per heavy atom. The molecule has 0 saturated heterocycles. The molecule has 0 radical (unpaired) electrons. The summed E-state index contributed by atoms with van der Waals surface area (Å²) in [5.41, 5.74) is 0. The van der Waals surface area contributed by atoms with Gasteiger partial charge in [0.25, 0.3) is 0 Å². The fourth-order valence-electron chi connectivity index (χ4n) is 2.64. The molecule has 4 unspecified atom stereocenters. The molecule has 2 heteroatoms. The first-order valence-corrected chi connectivity index (χ1v) is 5.53. The molecule has 0 aromatic carbocycles. The molecular formula is C11H22O2. The summed E-state index contributed by atoms with van der Waals surface area (Å²) in [6, 6.07) is 0. The fraction of sp³-hybridized carbons (Fsp3) is 1.00. The van der Waals surface area contributed by atoms with Crippen LogP contribution in [0.1, 0.15) is 46.0 Å². The fourth-order valence-corrected chi connectivity index (χ4v) is 2.64. The molecule has 1 aliphatic rings. The third-order valence-electron chi connectivity index (χ3n) is 3.42. The van der Waals surface area contributed by atoms with Crippen LogP contribution < -0.4 is 0 Å². The van der Waals surface area contributed by atoms with E-state index in [4.69, 9.17) is 0 Å². The van der Waals surface area contributed by atoms with Crippen molar-refractivity contribution in [1.82, 2.24) is 0 Å². The monoisotopic (exact) mass is 186 g/mol. The van der Waals surface area contributed by atoms with Crippen LogP contribution in [-0.2, 0) is 0 Å². The zero-order chi connectivity index (χ0) is 9.84. The Kier molecular flexibility index (Phi) is 4.20.